The van der Waals surface area contributed by atoms with Crippen molar-refractivity contribution in [2.24, 2.45) is 0 Å². The smallest absolute Gasteiger partial charge is 0.252 e. The van der Waals surface area contributed by atoms with Crippen LogP contribution in [0.15, 0.2) is 23.1 Å². The van der Waals surface area contributed by atoms with E-state index < -0.39 is 10.0 Å². The van der Waals surface area contributed by atoms with Gasteiger partial charge in [-0.3, -0.25) is 4.79 Å². The minimum Gasteiger partial charge on any atom is -0.379 e. The number of hydrogen-bond donors (Lipinski definition) is 1. The van der Waals surface area contributed by atoms with Crippen LogP contribution < -0.4 is 5.32 Å². The molecule has 1 aromatic rings. The van der Waals surface area contributed by atoms with E-state index in [1.807, 2.05) is 0 Å². The molecule has 0 aliphatic carbocycles. The lowest BCUT2D eigenvalue weighted by atomic mass is 10.2. The average molecular weight is 402 g/mol. The Bertz CT molecular complexity index is 744. The number of halogens is 1. The number of ether oxygens (including phenoxy) is 1. The Morgan fingerprint density at radius 1 is 1.15 bits per heavy atom. The summed E-state index contributed by atoms with van der Waals surface area (Å²) in [6, 6.07) is 4.26. The van der Waals surface area contributed by atoms with Crippen molar-refractivity contribution in [3.63, 3.8) is 0 Å². The number of rotatable bonds is 6. The van der Waals surface area contributed by atoms with E-state index in [-0.39, 0.29) is 21.4 Å². The van der Waals surface area contributed by atoms with E-state index in [1.165, 1.54) is 35.3 Å². The predicted molar refractivity (Wildman–Crippen MR) is 99.0 cm³/mol. The van der Waals surface area contributed by atoms with Crippen molar-refractivity contribution in [2.45, 2.75) is 17.7 Å². The number of nitrogens with one attached hydrogen (secondary N) is 1. The number of carbonyl (C=O) groups is 1. The van der Waals surface area contributed by atoms with E-state index in [1.54, 1.807) is 0 Å². The molecule has 144 valence electrons. The van der Waals surface area contributed by atoms with E-state index in [4.69, 9.17) is 16.3 Å². The Morgan fingerprint density at radius 3 is 2.54 bits per heavy atom. The second-order valence-electron chi connectivity index (χ2n) is 6.46. The van der Waals surface area contributed by atoms with E-state index >= 15 is 0 Å². The Hall–Kier alpha value is -1.19. The van der Waals surface area contributed by atoms with E-state index in [0.717, 1.165) is 19.6 Å². The van der Waals surface area contributed by atoms with E-state index in [9.17, 15) is 13.2 Å². The van der Waals surface area contributed by atoms with Crippen molar-refractivity contribution in [3.05, 3.63) is 28.8 Å². The van der Waals surface area contributed by atoms with Gasteiger partial charge in [0.05, 0.1) is 28.7 Å². The number of morpholine rings is 1. The fourth-order valence-electron chi connectivity index (χ4n) is 3.20. The van der Waals surface area contributed by atoms with Gasteiger partial charge in [0.15, 0.2) is 0 Å². The van der Waals surface area contributed by atoms with Gasteiger partial charge in [0.1, 0.15) is 0 Å². The zero-order valence-corrected chi connectivity index (χ0v) is 16.2. The number of carbonyl (C=O) groups excluding carboxylic acids is 1. The summed E-state index contributed by atoms with van der Waals surface area (Å²) in [4.78, 5) is 14.8. The van der Waals surface area contributed by atoms with Gasteiger partial charge in [0, 0.05) is 26.2 Å². The van der Waals surface area contributed by atoms with Crippen LogP contribution in [0.4, 0.5) is 0 Å². The van der Waals surface area contributed by atoms with Crippen LogP contribution in [0.2, 0.25) is 5.02 Å². The molecule has 9 heteroatoms. The zero-order chi connectivity index (χ0) is 18.6. The monoisotopic (exact) mass is 401 g/mol. The summed E-state index contributed by atoms with van der Waals surface area (Å²) in [5, 5.41) is 3.07. The summed E-state index contributed by atoms with van der Waals surface area (Å²) < 4.78 is 32.1. The lowest BCUT2D eigenvalue weighted by molar-refractivity contribution is 0.0730. The van der Waals surface area contributed by atoms with Crippen LogP contribution in [0.25, 0.3) is 0 Å². The summed E-state index contributed by atoms with van der Waals surface area (Å²) in [5.74, 6) is -0.353. The Balaban J connectivity index is 1.69. The maximum atomic E-state index is 12.8. The highest BCUT2D eigenvalue weighted by Crippen LogP contribution is 2.23. The molecule has 26 heavy (non-hydrogen) atoms. The van der Waals surface area contributed by atoms with Gasteiger partial charge in [-0.05, 0) is 44.1 Å². The van der Waals surface area contributed by atoms with Gasteiger partial charge in [-0.2, -0.15) is 4.31 Å². The van der Waals surface area contributed by atoms with Crippen LogP contribution in [-0.4, -0.2) is 76.0 Å². The molecule has 0 saturated carbocycles. The molecule has 0 radical (unpaired) electrons. The number of sulfonamides is 1. The second-order valence-corrected chi connectivity index (χ2v) is 8.81. The van der Waals surface area contributed by atoms with E-state index in [0.29, 0.717) is 32.8 Å². The molecule has 2 fully saturated rings. The highest BCUT2D eigenvalue weighted by Gasteiger charge is 2.27. The minimum atomic E-state index is -3.66. The molecule has 2 saturated heterocycles. The summed E-state index contributed by atoms with van der Waals surface area (Å²) in [7, 11) is -3.66. The van der Waals surface area contributed by atoms with Gasteiger partial charge in [-0.1, -0.05) is 11.6 Å². The average Bonchev–Trinajstić information content (AvgIpc) is 3.16. The van der Waals surface area contributed by atoms with Gasteiger partial charge in [0.2, 0.25) is 10.0 Å². The molecule has 2 heterocycles. The quantitative estimate of drug-likeness (QED) is 0.774. The molecule has 0 unspecified atom stereocenters. The molecule has 1 aromatic carbocycles. The first kappa shape index (κ1) is 19.6. The van der Waals surface area contributed by atoms with Crippen LogP contribution in [0, 0.1) is 0 Å². The third-order valence-electron chi connectivity index (χ3n) is 4.70. The summed E-state index contributed by atoms with van der Waals surface area (Å²) in [6.07, 6.45) is 2.39. The topological polar surface area (TPSA) is 79.0 Å². The molecule has 3 rings (SSSR count). The maximum Gasteiger partial charge on any atom is 0.252 e. The highest BCUT2D eigenvalue weighted by atomic mass is 35.5. The van der Waals surface area contributed by atoms with Crippen molar-refractivity contribution in [1.82, 2.24) is 14.5 Å². The van der Waals surface area contributed by atoms with Crippen molar-refractivity contribution in [1.29, 1.82) is 0 Å². The first-order valence-electron chi connectivity index (χ1n) is 8.86. The molecule has 0 aromatic heterocycles. The summed E-state index contributed by atoms with van der Waals surface area (Å²) >= 11 is 6.13. The molecule has 0 bridgehead atoms. The fourth-order valence-corrected chi connectivity index (χ4v) is 4.84. The van der Waals surface area contributed by atoms with Crippen LogP contribution in [-0.2, 0) is 14.8 Å². The molecule has 7 nitrogen and oxygen atoms in total. The van der Waals surface area contributed by atoms with Crippen LogP contribution >= 0.6 is 11.6 Å². The Kier molecular flexibility index (Phi) is 6.52. The van der Waals surface area contributed by atoms with Crippen molar-refractivity contribution in [2.75, 3.05) is 52.5 Å². The molecule has 2 aliphatic rings. The highest BCUT2D eigenvalue weighted by molar-refractivity contribution is 7.89. The van der Waals surface area contributed by atoms with E-state index in [2.05, 4.69) is 10.2 Å². The Morgan fingerprint density at radius 2 is 1.85 bits per heavy atom. The normalized spacial score (nSPS) is 19.6. The SMILES string of the molecule is O=C(NCCN1CCCC1)c1cc(S(=O)(=O)N2CCOCC2)ccc1Cl. The second kappa shape index (κ2) is 8.67. The molecule has 0 spiro atoms. The maximum absolute atomic E-state index is 12.8. The third kappa shape index (κ3) is 4.55. The fraction of sp³-hybridized carbons (Fsp3) is 0.588. The lowest BCUT2D eigenvalue weighted by Crippen LogP contribution is -2.40. The standard InChI is InChI=1S/C17H24ClN3O4S/c18-16-4-3-14(26(23,24)21-9-11-25-12-10-21)13-15(16)17(22)19-5-8-20-6-1-2-7-20/h3-4,13H,1-2,5-12H2,(H,19,22). The molecular formula is C17H24ClN3O4S. The van der Waals surface area contributed by atoms with Gasteiger partial charge in [-0.15, -0.1) is 0 Å². The predicted octanol–water partition coefficient (Wildman–Crippen LogP) is 1.19. The number of amides is 1. The largest absolute Gasteiger partial charge is 0.379 e. The summed E-state index contributed by atoms with van der Waals surface area (Å²) in [6.45, 7) is 4.77. The first-order valence-corrected chi connectivity index (χ1v) is 10.7. The van der Waals surface area contributed by atoms with Crippen LogP contribution in [0.5, 0.6) is 0 Å². The number of benzene rings is 1. The third-order valence-corrected chi connectivity index (χ3v) is 6.93. The lowest BCUT2D eigenvalue weighted by Gasteiger charge is -2.26. The van der Waals surface area contributed by atoms with Crippen LogP contribution in [0.1, 0.15) is 23.2 Å². The Labute approximate surface area is 159 Å². The molecule has 1 amide bonds. The van der Waals surface area contributed by atoms with Gasteiger partial charge >= 0.3 is 0 Å². The van der Waals surface area contributed by atoms with Crippen LogP contribution in [0.3, 0.4) is 0 Å². The number of hydrogen-bond acceptors (Lipinski definition) is 5. The molecule has 2 aliphatic heterocycles. The van der Waals surface area contributed by atoms with Crippen molar-refractivity contribution >= 4 is 27.5 Å². The van der Waals surface area contributed by atoms with Crippen molar-refractivity contribution < 1.29 is 17.9 Å². The van der Waals surface area contributed by atoms with Gasteiger partial charge < -0.3 is 15.0 Å². The van der Waals surface area contributed by atoms with Gasteiger partial charge in [0.25, 0.3) is 5.91 Å². The van der Waals surface area contributed by atoms with Gasteiger partial charge in [-0.25, -0.2) is 8.42 Å². The molecule has 1 N–H and O–H groups in total. The van der Waals surface area contributed by atoms with Crippen molar-refractivity contribution in [3.8, 4) is 0 Å². The summed E-state index contributed by atoms with van der Waals surface area (Å²) in [5.41, 5.74) is 0.183. The molecule has 0 atom stereocenters. The number of nitrogens with zero attached hydrogens (tertiary/aromatic N) is 2. The zero-order valence-electron chi connectivity index (χ0n) is 14.6. The first-order chi connectivity index (χ1) is 12.5. The number of likely N-dealkylation sites (tertiary alicyclic amines) is 1. The minimum absolute atomic E-state index is 0.0773. The molecular weight excluding hydrogens is 378 g/mol.